The van der Waals surface area contributed by atoms with Gasteiger partial charge in [0.05, 0.1) is 18.4 Å². The van der Waals surface area contributed by atoms with E-state index in [0.29, 0.717) is 17.6 Å². The quantitative estimate of drug-likeness (QED) is 0.399. The summed E-state index contributed by atoms with van der Waals surface area (Å²) in [4.78, 5) is 13.5. The third kappa shape index (κ3) is 3.73. The van der Waals surface area contributed by atoms with Crippen molar-refractivity contribution in [1.82, 2.24) is 9.78 Å². The molecule has 0 spiro atoms. The lowest BCUT2D eigenvalue weighted by atomic mass is 10.1. The number of halogens is 3. The number of aromatic amines is 1. The van der Waals surface area contributed by atoms with Crippen molar-refractivity contribution in [2.45, 2.75) is 12.7 Å². The first kappa shape index (κ1) is 20.8. The Morgan fingerprint density at radius 3 is 2.48 bits per heavy atom. The predicted molar refractivity (Wildman–Crippen MR) is 119 cm³/mol. The fourth-order valence-corrected chi connectivity index (χ4v) is 4.01. The average Bonchev–Trinajstić information content (AvgIpc) is 3.17. The van der Waals surface area contributed by atoms with Crippen LogP contribution in [0.15, 0.2) is 83.8 Å². The first-order valence-corrected chi connectivity index (χ1v) is 10.2. The predicted octanol–water partition coefficient (Wildman–Crippen LogP) is 4.84. The molecule has 0 amide bonds. The van der Waals surface area contributed by atoms with Crippen LogP contribution in [0.4, 0.5) is 13.2 Å². The fourth-order valence-electron chi connectivity index (χ4n) is 4.01. The Morgan fingerprint density at radius 1 is 1.00 bits per heavy atom. The van der Waals surface area contributed by atoms with Crippen LogP contribution < -0.4 is 14.9 Å². The zero-order valence-electron chi connectivity index (χ0n) is 17.6. The lowest BCUT2D eigenvalue weighted by Gasteiger charge is -2.08. The molecule has 0 aliphatic carbocycles. The maximum Gasteiger partial charge on any atom is 0.416 e. The van der Waals surface area contributed by atoms with E-state index in [9.17, 15) is 18.0 Å². The molecule has 1 N–H and O–H groups in total. The van der Waals surface area contributed by atoms with Crippen molar-refractivity contribution < 1.29 is 22.5 Å². The fraction of sp³-hybridized carbons (Fsp3) is 0.120. The van der Waals surface area contributed by atoms with Gasteiger partial charge < -0.3 is 4.74 Å². The lowest BCUT2D eigenvalue weighted by molar-refractivity contribution is -0.661. The van der Waals surface area contributed by atoms with Crippen LogP contribution >= 0.6 is 0 Å². The van der Waals surface area contributed by atoms with Crippen molar-refractivity contribution in [1.29, 1.82) is 0 Å². The van der Waals surface area contributed by atoms with Crippen LogP contribution in [-0.2, 0) is 12.7 Å². The van der Waals surface area contributed by atoms with Gasteiger partial charge in [0.25, 0.3) is 5.52 Å². The monoisotopic (exact) mass is 450 g/mol. The van der Waals surface area contributed by atoms with Gasteiger partial charge in [-0.3, -0.25) is 9.89 Å². The second-order valence-electron chi connectivity index (χ2n) is 7.72. The number of benzene rings is 3. The Bertz CT molecular complexity index is 1530. The van der Waals surface area contributed by atoms with E-state index in [2.05, 4.69) is 5.10 Å². The average molecular weight is 450 g/mol. The van der Waals surface area contributed by atoms with Gasteiger partial charge in [-0.05, 0) is 48.5 Å². The Morgan fingerprint density at radius 2 is 1.76 bits per heavy atom. The van der Waals surface area contributed by atoms with Crippen LogP contribution in [-0.4, -0.2) is 16.9 Å². The van der Waals surface area contributed by atoms with Crippen molar-refractivity contribution in [3.63, 3.8) is 0 Å². The molecule has 8 heteroatoms. The molecule has 0 aliphatic heterocycles. The van der Waals surface area contributed by atoms with Crippen molar-refractivity contribution in [3.8, 4) is 11.4 Å². The molecule has 2 aromatic heterocycles. The zero-order valence-corrected chi connectivity index (χ0v) is 17.6. The number of fused-ring (bicyclic) bond motifs is 3. The lowest BCUT2D eigenvalue weighted by Crippen LogP contribution is -2.38. The molecule has 0 radical (unpaired) electrons. The van der Waals surface area contributed by atoms with E-state index >= 15 is 0 Å². The number of nitrogens with zero attached hydrogens (tertiary/aromatic N) is 2. The van der Waals surface area contributed by atoms with Gasteiger partial charge in [0, 0.05) is 16.3 Å². The zero-order chi connectivity index (χ0) is 23.2. The van der Waals surface area contributed by atoms with Gasteiger partial charge in [-0.2, -0.15) is 17.7 Å². The number of methoxy groups -OCH3 is 1. The molecule has 0 saturated carbocycles. The molecular weight excluding hydrogens is 431 g/mol. The highest BCUT2D eigenvalue weighted by molar-refractivity contribution is 6.01. The molecule has 0 saturated heterocycles. The molecule has 0 atom stereocenters. The van der Waals surface area contributed by atoms with Crippen molar-refractivity contribution in [3.05, 3.63) is 100 Å². The maximum absolute atomic E-state index is 13.5. The van der Waals surface area contributed by atoms with Crippen LogP contribution in [0.2, 0.25) is 0 Å². The molecule has 3 aromatic carbocycles. The highest BCUT2D eigenvalue weighted by Gasteiger charge is 2.31. The van der Waals surface area contributed by atoms with Crippen LogP contribution in [0.5, 0.6) is 5.75 Å². The molecule has 166 valence electrons. The van der Waals surface area contributed by atoms with E-state index in [-0.39, 0.29) is 5.69 Å². The topological polar surface area (TPSA) is 50.9 Å². The Balaban J connectivity index is 1.73. The Hall–Kier alpha value is -4.07. The second kappa shape index (κ2) is 7.81. The summed E-state index contributed by atoms with van der Waals surface area (Å²) in [6, 6.07) is 19.8. The maximum atomic E-state index is 13.5. The van der Waals surface area contributed by atoms with Crippen molar-refractivity contribution >= 4 is 21.8 Å². The summed E-state index contributed by atoms with van der Waals surface area (Å²) in [5.41, 5.74) is 0.755. The summed E-state index contributed by atoms with van der Waals surface area (Å²) in [7, 11) is 1.59. The molecular formula is C25H19F3N3O2+. The smallest absolute Gasteiger partial charge is 0.416 e. The molecule has 0 unspecified atom stereocenters. The third-order valence-electron chi connectivity index (χ3n) is 5.62. The third-order valence-corrected chi connectivity index (χ3v) is 5.62. The van der Waals surface area contributed by atoms with E-state index in [1.807, 2.05) is 59.3 Å². The molecule has 0 aliphatic rings. The highest BCUT2D eigenvalue weighted by Crippen LogP contribution is 2.30. The van der Waals surface area contributed by atoms with Gasteiger partial charge in [0.15, 0.2) is 12.7 Å². The first-order valence-electron chi connectivity index (χ1n) is 10.2. The number of ether oxygens (including phenoxy) is 1. The van der Waals surface area contributed by atoms with Crippen molar-refractivity contribution in [2.24, 2.45) is 0 Å². The van der Waals surface area contributed by atoms with Crippen LogP contribution in [0.25, 0.3) is 27.5 Å². The minimum absolute atomic E-state index is 0.117. The van der Waals surface area contributed by atoms with Gasteiger partial charge in [-0.15, -0.1) is 0 Å². The van der Waals surface area contributed by atoms with E-state index in [0.717, 1.165) is 38.9 Å². The summed E-state index contributed by atoms with van der Waals surface area (Å²) in [5.74, 6) is 0.723. The number of rotatable bonds is 4. The summed E-state index contributed by atoms with van der Waals surface area (Å²) in [6.07, 6.45) is -2.62. The summed E-state index contributed by atoms with van der Waals surface area (Å²) < 4.78 is 47.9. The van der Waals surface area contributed by atoms with Gasteiger partial charge in [-0.1, -0.05) is 24.3 Å². The molecule has 0 fully saturated rings. The molecule has 5 aromatic rings. The number of nitrogens with one attached hydrogen (secondary N) is 1. The SMILES string of the molecule is COc1ccc(C[n+]2cc3ccccc3c3[nH]n(-c4cccc(C(F)(F)F)c4)c(=O)c32)cc1. The standard InChI is InChI=1S/C25H18F3N3O2/c1-33-20-11-9-16(10-12-20)14-30-15-17-5-2-3-8-21(17)22-23(30)24(32)31(29-22)19-7-4-6-18(13-19)25(26,27)28/h2-13,15H,14H2,1H3/p+1. The van der Waals surface area contributed by atoms with Gasteiger partial charge in [0.1, 0.15) is 11.3 Å². The van der Waals surface area contributed by atoms with E-state index < -0.39 is 17.3 Å². The van der Waals surface area contributed by atoms with E-state index in [4.69, 9.17) is 4.74 Å². The van der Waals surface area contributed by atoms with Gasteiger partial charge in [0.2, 0.25) is 0 Å². The summed E-state index contributed by atoms with van der Waals surface area (Å²) >= 11 is 0. The molecule has 0 bridgehead atoms. The van der Waals surface area contributed by atoms with E-state index in [1.54, 1.807) is 7.11 Å². The van der Waals surface area contributed by atoms with Crippen molar-refractivity contribution in [2.75, 3.05) is 7.11 Å². The summed E-state index contributed by atoms with van der Waals surface area (Å²) in [5, 5.41) is 4.75. The Kier molecular flexibility index (Phi) is 4.92. The minimum Gasteiger partial charge on any atom is -0.497 e. The van der Waals surface area contributed by atoms with Gasteiger partial charge >= 0.3 is 11.7 Å². The number of pyridine rings is 1. The Labute approximate surface area is 186 Å². The highest BCUT2D eigenvalue weighted by atomic mass is 19.4. The van der Waals surface area contributed by atoms with E-state index in [1.165, 1.54) is 12.1 Å². The molecule has 5 rings (SSSR count). The summed E-state index contributed by atoms with van der Waals surface area (Å²) in [6.45, 7) is 0.404. The number of H-pyrrole nitrogens is 1. The minimum atomic E-state index is -4.51. The number of hydrogen-bond acceptors (Lipinski definition) is 2. The van der Waals surface area contributed by atoms with Crippen LogP contribution in [0.1, 0.15) is 11.1 Å². The normalized spacial score (nSPS) is 11.9. The number of hydrogen-bond donors (Lipinski definition) is 1. The molecule has 2 heterocycles. The second-order valence-corrected chi connectivity index (χ2v) is 7.72. The van der Waals surface area contributed by atoms with Crippen LogP contribution in [0, 0.1) is 0 Å². The number of aromatic nitrogens is 3. The molecule has 33 heavy (non-hydrogen) atoms. The largest absolute Gasteiger partial charge is 0.497 e. The molecule has 5 nitrogen and oxygen atoms in total. The first-order chi connectivity index (χ1) is 15.8. The van der Waals surface area contributed by atoms with Crippen LogP contribution in [0.3, 0.4) is 0 Å². The van der Waals surface area contributed by atoms with Gasteiger partial charge in [-0.25, -0.2) is 4.68 Å². The number of alkyl halides is 3.